The fraction of sp³-hybridized carbons (Fsp3) is 0.357. The van der Waals surface area contributed by atoms with E-state index in [-0.39, 0.29) is 5.92 Å². The van der Waals surface area contributed by atoms with Crippen molar-refractivity contribution in [2.24, 2.45) is 5.92 Å². The van der Waals surface area contributed by atoms with E-state index >= 15 is 0 Å². The summed E-state index contributed by atoms with van der Waals surface area (Å²) in [5, 5.41) is 3.19. The molecule has 1 atom stereocenters. The normalized spacial score (nSPS) is 22.8. The Bertz CT molecular complexity index is 436. The molecule has 1 saturated carbocycles. The molecule has 1 aliphatic carbocycles. The highest BCUT2D eigenvalue weighted by Crippen LogP contribution is 2.25. The summed E-state index contributed by atoms with van der Waals surface area (Å²) in [4.78, 5) is 11.9. The number of benzene rings is 1. The van der Waals surface area contributed by atoms with Crippen molar-refractivity contribution in [1.82, 2.24) is 0 Å². The van der Waals surface area contributed by atoms with Crippen LogP contribution in [0.25, 0.3) is 0 Å². The topological polar surface area (TPSA) is 29.1 Å². The number of hydrogen-bond acceptors (Lipinski definition) is 2. The third-order valence-electron chi connectivity index (χ3n) is 3.10. The molecule has 2 nitrogen and oxygen atoms in total. The van der Waals surface area contributed by atoms with Gasteiger partial charge >= 0.3 is 0 Å². The van der Waals surface area contributed by atoms with Crippen LogP contribution in [-0.2, 0) is 4.79 Å². The van der Waals surface area contributed by atoms with Crippen LogP contribution >= 0.6 is 15.9 Å². The van der Waals surface area contributed by atoms with Crippen molar-refractivity contribution in [1.29, 1.82) is 0 Å². The van der Waals surface area contributed by atoms with Crippen LogP contribution in [0, 0.1) is 5.92 Å². The Balaban J connectivity index is 2.04. The molecule has 1 aromatic rings. The number of nitrogens with one attached hydrogen (secondary N) is 1. The van der Waals surface area contributed by atoms with Crippen LogP contribution in [0.3, 0.4) is 0 Å². The number of rotatable bonds is 2. The third kappa shape index (κ3) is 3.19. The number of allylic oxidation sites excluding steroid dienone is 1. The van der Waals surface area contributed by atoms with Gasteiger partial charge in [0.05, 0.1) is 0 Å². The van der Waals surface area contributed by atoms with Crippen molar-refractivity contribution in [2.45, 2.75) is 26.2 Å². The molecule has 1 aromatic carbocycles. The van der Waals surface area contributed by atoms with Crippen LogP contribution in [0.5, 0.6) is 0 Å². The Kier molecular flexibility index (Phi) is 4.00. The molecule has 0 saturated heterocycles. The van der Waals surface area contributed by atoms with Gasteiger partial charge in [0.2, 0.25) is 0 Å². The maximum atomic E-state index is 11.9. The Morgan fingerprint density at radius 2 is 2.06 bits per heavy atom. The SMILES string of the molecule is C[C@@H]1CCC/C(=C/Nc2ccc(Br)cc2)C1=O. The summed E-state index contributed by atoms with van der Waals surface area (Å²) >= 11 is 3.39. The summed E-state index contributed by atoms with van der Waals surface area (Å²) in [6.07, 6.45) is 4.89. The molecule has 0 aliphatic heterocycles. The molecule has 1 aliphatic rings. The molecule has 2 rings (SSSR count). The number of anilines is 1. The van der Waals surface area contributed by atoms with E-state index in [1.807, 2.05) is 37.4 Å². The van der Waals surface area contributed by atoms with Gasteiger partial charge in [0.15, 0.2) is 5.78 Å². The smallest absolute Gasteiger partial charge is 0.163 e. The largest absolute Gasteiger partial charge is 0.361 e. The molecule has 0 unspecified atom stereocenters. The van der Waals surface area contributed by atoms with Crippen LogP contribution < -0.4 is 5.32 Å². The Labute approximate surface area is 110 Å². The molecule has 17 heavy (non-hydrogen) atoms. The number of halogens is 1. The average molecular weight is 294 g/mol. The van der Waals surface area contributed by atoms with Gasteiger partial charge in [0.25, 0.3) is 0 Å². The van der Waals surface area contributed by atoms with Gasteiger partial charge in [-0.1, -0.05) is 22.9 Å². The standard InChI is InChI=1S/C14H16BrNO/c1-10-3-2-4-11(14(10)17)9-16-13-7-5-12(15)6-8-13/h5-10,16H,2-4H2,1H3/b11-9-/t10-/m1/s1. The molecule has 0 amide bonds. The lowest BCUT2D eigenvalue weighted by atomic mass is 9.86. The number of carbonyl (C=O) groups is 1. The maximum Gasteiger partial charge on any atom is 0.163 e. The highest BCUT2D eigenvalue weighted by Gasteiger charge is 2.22. The molecular weight excluding hydrogens is 278 g/mol. The average Bonchev–Trinajstić information content (AvgIpc) is 2.33. The third-order valence-corrected chi connectivity index (χ3v) is 3.63. The number of carbonyl (C=O) groups excluding carboxylic acids is 1. The van der Waals surface area contributed by atoms with Crippen LogP contribution in [0.4, 0.5) is 5.69 Å². The van der Waals surface area contributed by atoms with Crippen LogP contribution in [0.2, 0.25) is 0 Å². The van der Waals surface area contributed by atoms with E-state index in [1.165, 1.54) is 0 Å². The second-order valence-corrected chi connectivity index (χ2v) is 5.39. The Hall–Kier alpha value is -1.09. The van der Waals surface area contributed by atoms with Crippen molar-refractivity contribution in [2.75, 3.05) is 5.32 Å². The van der Waals surface area contributed by atoms with E-state index in [0.29, 0.717) is 5.78 Å². The summed E-state index contributed by atoms with van der Waals surface area (Å²) in [5.41, 5.74) is 1.93. The number of Topliss-reactive ketones (excluding diaryl/α,β-unsaturated/α-hetero) is 1. The van der Waals surface area contributed by atoms with Gasteiger partial charge in [0, 0.05) is 27.9 Å². The number of ketones is 1. The molecule has 0 radical (unpaired) electrons. The number of hydrogen-bond donors (Lipinski definition) is 1. The van der Waals surface area contributed by atoms with Gasteiger partial charge in [-0.25, -0.2) is 0 Å². The van der Waals surface area contributed by atoms with E-state index in [2.05, 4.69) is 21.2 Å². The van der Waals surface area contributed by atoms with E-state index in [1.54, 1.807) is 0 Å². The van der Waals surface area contributed by atoms with Crippen molar-refractivity contribution >= 4 is 27.4 Å². The van der Waals surface area contributed by atoms with Gasteiger partial charge in [-0.05, 0) is 43.5 Å². The van der Waals surface area contributed by atoms with Crippen molar-refractivity contribution in [3.05, 3.63) is 40.5 Å². The van der Waals surface area contributed by atoms with Gasteiger partial charge in [0.1, 0.15) is 0 Å². The quantitative estimate of drug-likeness (QED) is 0.831. The van der Waals surface area contributed by atoms with Crippen molar-refractivity contribution < 1.29 is 4.79 Å². The van der Waals surface area contributed by atoms with Gasteiger partial charge < -0.3 is 5.32 Å². The predicted molar refractivity (Wildman–Crippen MR) is 73.9 cm³/mol. The molecule has 1 fully saturated rings. The molecule has 0 heterocycles. The fourth-order valence-electron chi connectivity index (χ4n) is 2.03. The van der Waals surface area contributed by atoms with Crippen LogP contribution in [-0.4, -0.2) is 5.78 Å². The van der Waals surface area contributed by atoms with E-state index in [0.717, 1.165) is 35.0 Å². The second kappa shape index (κ2) is 5.50. The molecule has 0 bridgehead atoms. The first kappa shape index (κ1) is 12.4. The van der Waals surface area contributed by atoms with E-state index in [4.69, 9.17) is 0 Å². The predicted octanol–water partition coefficient (Wildman–Crippen LogP) is 4.13. The highest BCUT2D eigenvalue weighted by atomic mass is 79.9. The Morgan fingerprint density at radius 1 is 1.35 bits per heavy atom. The molecule has 0 spiro atoms. The summed E-state index contributed by atoms with van der Waals surface area (Å²) < 4.78 is 1.05. The lowest BCUT2D eigenvalue weighted by Gasteiger charge is -2.19. The van der Waals surface area contributed by atoms with Crippen molar-refractivity contribution in [3.63, 3.8) is 0 Å². The van der Waals surface area contributed by atoms with Gasteiger partial charge in [-0.2, -0.15) is 0 Å². The fourth-order valence-corrected chi connectivity index (χ4v) is 2.29. The van der Waals surface area contributed by atoms with E-state index < -0.39 is 0 Å². The molecular formula is C14H16BrNO. The lowest BCUT2D eigenvalue weighted by molar-refractivity contribution is -0.119. The van der Waals surface area contributed by atoms with Gasteiger partial charge in [-0.3, -0.25) is 4.79 Å². The first-order chi connectivity index (χ1) is 8.16. The first-order valence-corrected chi connectivity index (χ1v) is 6.71. The monoisotopic (exact) mass is 293 g/mol. The minimum atomic E-state index is 0.182. The van der Waals surface area contributed by atoms with Crippen LogP contribution in [0.15, 0.2) is 40.5 Å². The molecule has 0 aromatic heterocycles. The maximum absolute atomic E-state index is 11.9. The Morgan fingerprint density at radius 3 is 2.76 bits per heavy atom. The lowest BCUT2D eigenvalue weighted by Crippen LogP contribution is -2.19. The second-order valence-electron chi connectivity index (χ2n) is 4.48. The zero-order valence-corrected chi connectivity index (χ0v) is 11.5. The zero-order valence-electron chi connectivity index (χ0n) is 9.87. The summed E-state index contributed by atoms with van der Waals surface area (Å²) in [7, 11) is 0. The van der Waals surface area contributed by atoms with Crippen molar-refractivity contribution in [3.8, 4) is 0 Å². The molecule has 90 valence electrons. The summed E-state index contributed by atoms with van der Waals surface area (Å²) in [6.45, 7) is 2.01. The minimum Gasteiger partial charge on any atom is -0.361 e. The summed E-state index contributed by atoms with van der Waals surface area (Å²) in [5.74, 6) is 0.475. The summed E-state index contributed by atoms with van der Waals surface area (Å²) in [6, 6.07) is 7.92. The highest BCUT2D eigenvalue weighted by molar-refractivity contribution is 9.10. The first-order valence-electron chi connectivity index (χ1n) is 5.92. The van der Waals surface area contributed by atoms with E-state index in [9.17, 15) is 4.79 Å². The molecule has 3 heteroatoms. The van der Waals surface area contributed by atoms with Crippen LogP contribution in [0.1, 0.15) is 26.2 Å². The minimum absolute atomic E-state index is 0.182. The molecule has 1 N–H and O–H groups in total. The zero-order chi connectivity index (χ0) is 12.3. The van der Waals surface area contributed by atoms with Gasteiger partial charge in [-0.15, -0.1) is 0 Å².